The van der Waals surface area contributed by atoms with Crippen LogP contribution < -0.4 is 16.0 Å². The van der Waals surface area contributed by atoms with E-state index in [1.54, 1.807) is 27.7 Å². The first-order chi connectivity index (χ1) is 18.2. The second-order valence-electron chi connectivity index (χ2n) is 9.98. The Labute approximate surface area is 236 Å². The number of thiazole rings is 2. The third kappa shape index (κ3) is 8.97. The van der Waals surface area contributed by atoms with E-state index in [-0.39, 0.29) is 36.2 Å². The van der Waals surface area contributed by atoms with Crippen molar-refractivity contribution in [1.82, 2.24) is 25.9 Å². The van der Waals surface area contributed by atoms with E-state index >= 15 is 0 Å². The van der Waals surface area contributed by atoms with E-state index in [4.69, 9.17) is 14.2 Å². The lowest BCUT2D eigenvalue weighted by Gasteiger charge is -2.22. The molecule has 3 amide bonds. The molecule has 0 aliphatic carbocycles. The van der Waals surface area contributed by atoms with Crippen LogP contribution in [-0.4, -0.2) is 60.7 Å². The molecule has 2 aromatic rings. The fraction of sp³-hybridized carbons (Fsp3) is 0.600. The largest absolute Gasteiger partial charge is 0.464 e. The Morgan fingerprint density at radius 2 is 1.62 bits per heavy atom. The number of amides is 3. The molecule has 2 atom stereocenters. The average Bonchev–Trinajstić information content (AvgIpc) is 3.43. The fourth-order valence-corrected chi connectivity index (χ4v) is 5.65. The number of alkyl carbamates (subject to hydrolysis) is 1. The molecule has 0 aliphatic rings. The van der Waals surface area contributed by atoms with Gasteiger partial charge in [0, 0.05) is 19.0 Å². The first-order valence-corrected chi connectivity index (χ1v) is 13.9. The molecule has 0 spiro atoms. The number of aromatic nitrogens is 2. The van der Waals surface area contributed by atoms with Gasteiger partial charge in [0.05, 0.1) is 37.1 Å². The average molecular weight is 584 g/mol. The van der Waals surface area contributed by atoms with Crippen LogP contribution in [0.1, 0.15) is 93.9 Å². The minimum atomic E-state index is -0.802. The minimum Gasteiger partial charge on any atom is -0.464 e. The Balaban J connectivity index is 2.35. The molecule has 2 heterocycles. The maximum atomic E-state index is 13.4. The second-order valence-corrected chi connectivity index (χ2v) is 12.3. The molecule has 0 unspecified atom stereocenters. The normalized spacial score (nSPS) is 13.0. The van der Waals surface area contributed by atoms with Crippen molar-refractivity contribution in [1.29, 1.82) is 0 Å². The van der Waals surface area contributed by atoms with Crippen molar-refractivity contribution < 1.29 is 33.4 Å². The highest BCUT2D eigenvalue weighted by molar-refractivity contribution is 7.12. The number of esters is 1. The highest BCUT2D eigenvalue weighted by Gasteiger charge is 2.30. The lowest BCUT2D eigenvalue weighted by molar-refractivity contribution is -0.121. The number of aryl methyl sites for hydroxylation is 1. The molecule has 0 bridgehead atoms. The smallest absolute Gasteiger partial charge is 0.408 e. The van der Waals surface area contributed by atoms with Crippen molar-refractivity contribution >= 4 is 46.6 Å². The summed E-state index contributed by atoms with van der Waals surface area (Å²) < 4.78 is 15.4. The van der Waals surface area contributed by atoms with E-state index in [1.807, 2.05) is 13.8 Å². The SMILES string of the molecule is CNC(=O)C[C@H](NC(=O)OC(C)(C)C)c1nc(C(=O)N[C@H](c2nc(C(=O)OC)c(COC)s2)C(C)C)c(C)s1. The number of methoxy groups -OCH3 is 2. The van der Waals surface area contributed by atoms with Gasteiger partial charge in [-0.15, -0.1) is 22.7 Å². The summed E-state index contributed by atoms with van der Waals surface area (Å²) in [5, 5.41) is 9.11. The summed E-state index contributed by atoms with van der Waals surface area (Å²) in [4.78, 5) is 60.4. The van der Waals surface area contributed by atoms with E-state index in [2.05, 4.69) is 25.9 Å². The van der Waals surface area contributed by atoms with Gasteiger partial charge in [0.1, 0.15) is 21.3 Å². The molecule has 0 aliphatic heterocycles. The standard InChI is InChI=1S/C25H37N5O7S2/c1-12(2)17(22-30-19(23(33)36-9)15(39-22)11-35-8)28-20(32)18-13(3)38-21(29-18)14(10-16(31)26-7)27-24(34)37-25(4,5)6/h12,14,17H,10-11H2,1-9H3,(H,26,31)(H,27,34)(H,28,32)/t14-,17-/m0/s1. The van der Waals surface area contributed by atoms with E-state index in [9.17, 15) is 19.2 Å². The van der Waals surface area contributed by atoms with Crippen LogP contribution in [0.3, 0.4) is 0 Å². The predicted octanol–water partition coefficient (Wildman–Crippen LogP) is 3.67. The van der Waals surface area contributed by atoms with E-state index in [0.29, 0.717) is 19.8 Å². The summed E-state index contributed by atoms with van der Waals surface area (Å²) in [6.45, 7) is 10.9. The number of nitrogens with one attached hydrogen (secondary N) is 3. The van der Waals surface area contributed by atoms with Crippen LogP contribution in [-0.2, 0) is 25.6 Å². The maximum absolute atomic E-state index is 13.4. The van der Waals surface area contributed by atoms with Crippen molar-refractivity contribution in [2.24, 2.45) is 5.92 Å². The molecular weight excluding hydrogens is 546 g/mol. The van der Waals surface area contributed by atoms with Crippen LogP contribution in [0.2, 0.25) is 0 Å². The van der Waals surface area contributed by atoms with E-state index in [0.717, 1.165) is 0 Å². The van der Waals surface area contributed by atoms with Crippen LogP contribution in [0.15, 0.2) is 0 Å². The van der Waals surface area contributed by atoms with Gasteiger partial charge in [0.2, 0.25) is 5.91 Å². The van der Waals surface area contributed by atoms with Crippen molar-refractivity contribution in [2.45, 2.75) is 72.3 Å². The molecule has 0 radical (unpaired) electrons. The van der Waals surface area contributed by atoms with Crippen LogP contribution in [0.4, 0.5) is 4.79 Å². The molecule has 12 nitrogen and oxygen atoms in total. The molecular formula is C25H37N5O7S2. The zero-order valence-corrected chi connectivity index (χ0v) is 25.3. The monoisotopic (exact) mass is 583 g/mol. The van der Waals surface area contributed by atoms with Crippen LogP contribution in [0.25, 0.3) is 0 Å². The summed E-state index contributed by atoms with van der Waals surface area (Å²) in [5.74, 6) is -1.42. The minimum absolute atomic E-state index is 0.0748. The van der Waals surface area contributed by atoms with Gasteiger partial charge in [0.15, 0.2) is 5.69 Å². The molecule has 0 fully saturated rings. The molecule has 0 saturated heterocycles. The van der Waals surface area contributed by atoms with Crippen LogP contribution in [0, 0.1) is 12.8 Å². The highest BCUT2D eigenvalue weighted by Crippen LogP contribution is 2.31. The molecule has 2 aromatic heterocycles. The molecule has 0 aromatic carbocycles. The summed E-state index contributed by atoms with van der Waals surface area (Å²) in [6.07, 6.45) is -0.789. The van der Waals surface area contributed by atoms with Gasteiger partial charge in [0.25, 0.3) is 5.91 Å². The zero-order chi connectivity index (χ0) is 29.5. The van der Waals surface area contributed by atoms with Gasteiger partial charge in [-0.2, -0.15) is 0 Å². The van der Waals surface area contributed by atoms with Gasteiger partial charge in [-0.1, -0.05) is 13.8 Å². The zero-order valence-electron chi connectivity index (χ0n) is 23.7. The third-order valence-corrected chi connectivity index (χ3v) is 7.47. The van der Waals surface area contributed by atoms with Crippen molar-refractivity contribution in [2.75, 3.05) is 21.3 Å². The Morgan fingerprint density at radius 3 is 2.15 bits per heavy atom. The van der Waals surface area contributed by atoms with Crippen molar-refractivity contribution in [3.8, 4) is 0 Å². The molecule has 39 heavy (non-hydrogen) atoms. The molecule has 2 rings (SSSR count). The topological polar surface area (TPSA) is 158 Å². The van der Waals surface area contributed by atoms with Gasteiger partial charge >= 0.3 is 12.1 Å². The third-order valence-electron chi connectivity index (χ3n) is 5.27. The Hall–Kier alpha value is -3.10. The second kappa shape index (κ2) is 13.8. The fourth-order valence-electron chi connectivity index (χ4n) is 3.43. The lowest BCUT2D eigenvalue weighted by Crippen LogP contribution is -2.37. The van der Waals surface area contributed by atoms with E-state index in [1.165, 1.54) is 43.9 Å². The van der Waals surface area contributed by atoms with Gasteiger partial charge in [-0.25, -0.2) is 19.6 Å². The first-order valence-electron chi connectivity index (χ1n) is 12.3. The number of nitrogens with zero attached hydrogens (tertiary/aromatic N) is 2. The number of rotatable bonds is 11. The highest BCUT2D eigenvalue weighted by atomic mass is 32.1. The Bertz CT molecular complexity index is 1190. The van der Waals surface area contributed by atoms with Crippen molar-refractivity contribution in [3.05, 3.63) is 31.2 Å². The quantitative estimate of drug-likeness (QED) is 0.336. The number of carbonyl (C=O) groups excluding carboxylic acids is 4. The van der Waals surface area contributed by atoms with Crippen molar-refractivity contribution in [3.63, 3.8) is 0 Å². The number of hydrogen-bond donors (Lipinski definition) is 3. The van der Waals surface area contributed by atoms with Gasteiger partial charge in [-0.05, 0) is 33.6 Å². The molecule has 14 heteroatoms. The summed E-state index contributed by atoms with van der Waals surface area (Å²) in [5.41, 5.74) is -0.420. The summed E-state index contributed by atoms with van der Waals surface area (Å²) in [6, 6.07) is -1.33. The Kier molecular flexibility index (Phi) is 11.4. The van der Waals surface area contributed by atoms with Gasteiger partial charge in [-0.3, -0.25) is 9.59 Å². The van der Waals surface area contributed by atoms with E-state index < -0.39 is 35.7 Å². The maximum Gasteiger partial charge on any atom is 0.408 e. The number of ether oxygens (including phenoxy) is 3. The van der Waals surface area contributed by atoms with Crippen LogP contribution >= 0.6 is 22.7 Å². The lowest BCUT2D eigenvalue weighted by atomic mass is 10.0. The summed E-state index contributed by atoms with van der Waals surface area (Å²) >= 11 is 2.46. The summed E-state index contributed by atoms with van der Waals surface area (Å²) in [7, 11) is 4.28. The first kappa shape index (κ1) is 32.1. The van der Waals surface area contributed by atoms with Crippen LogP contribution in [0.5, 0.6) is 0 Å². The molecule has 216 valence electrons. The Morgan fingerprint density at radius 1 is 0.974 bits per heavy atom. The number of hydrogen-bond acceptors (Lipinski definition) is 11. The number of carbonyl (C=O) groups is 4. The van der Waals surface area contributed by atoms with Gasteiger partial charge < -0.3 is 30.2 Å². The molecule has 3 N–H and O–H groups in total. The predicted molar refractivity (Wildman–Crippen MR) is 147 cm³/mol. The molecule has 0 saturated carbocycles.